The molecule has 0 fully saturated rings. The van der Waals surface area contributed by atoms with Crippen molar-refractivity contribution in [3.63, 3.8) is 0 Å². The molecule has 14 heavy (non-hydrogen) atoms. The largest absolute Gasteiger partial charge is 0.237 e. The molecule has 0 aliphatic rings. The van der Waals surface area contributed by atoms with Crippen LogP contribution in [-0.4, -0.2) is 15.0 Å². The first-order chi connectivity index (χ1) is 6.50. The summed E-state index contributed by atoms with van der Waals surface area (Å²) in [6, 6.07) is 1.92. The lowest BCUT2D eigenvalue weighted by atomic mass is 10.3. The molecular formula is C7H7Cl3N4. The molecule has 1 aromatic rings. The third kappa shape index (κ3) is 2.30. The first-order valence-corrected chi connectivity index (χ1v) is 5.04. The molecular weight excluding hydrogens is 246 g/mol. The number of nitriles is 1. The van der Waals surface area contributed by atoms with Gasteiger partial charge in [-0.05, 0) is 6.42 Å². The molecule has 0 aliphatic carbocycles. The molecule has 0 atom stereocenters. The van der Waals surface area contributed by atoms with E-state index >= 15 is 0 Å². The third-order valence-corrected chi connectivity index (χ3v) is 2.08. The summed E-state index contributed by atoms with van der Waals surface area (Å²) in [6.07, 6.45) is 0.831. The molecule has 0 bridgehead atoms. The zero-order valence-corrected chi connectivity index (χ0v) is 9.60. The summed E-state index contributed by atoms with van der Waals surface area (Å²) in [5, 5.41) is 16.3. The van der Waals surface area contributed by atoms with Crippen LogP contribution in [0.2, 0.25) is 0 Å². The van der Waals surface area contributed by atoms with Gasteiger partial charge in [-0.2, -0.15) is 5.26 Å². The van der Waals surface area contributed by atoms with Crippen LogP contribution in [0.3, 0.4) is 0 Å². The maximum Gasteiger partial charge on any atom is 0.237 e. The highest BCUT2D eigenvalue weighted by molar-refractivity contribution is 6.66. The fourth-order valence-electron chi connectivity index (χ4n) is 0.983. The van der Waals surface area contributed by atoms with Crippen molar-refractivity contribution in [2.75, 3.05) is 0 Å². The minimum Gasteiger partial charge on any atom is -0.234 e. The van der Waals surface area contributed by atoms with Crippen LogP contribution < -0.4 is 0 Å². The molecule has 0 saturated heterocycles. The van der Waals surface area contributed by atoms with Crippen LogP contribution in [0, 0.1) is 11.3 Å². The van der Waals surface area contributed by atoms with Crippen molar-refractivity contribution in [1.82, 2.24) is 15.0 Å². The van der Waals surface area contributed by atoms with E-state index in [2.05, 4.69) is 10.3 Å². The van der Waals surface area contributed by atoms with Gasteiger partial charge in [0, 0.05) is 6.54 Å². The smallest absolute Gasteiger partial charge is 0.234 e. The van der Waals surface area contributed by atoms with E-state index in [1.807, 2.05) is 13.0 Å². The number of hydrogen-bond donors (Lipinski definition) is 0. The first kappa shape index (κ1) is 11.6. The van der Waals surface area contributed by atoms with Crippen LogP contribution in [0.5, 0.6) is 0 Å². The number of aromatic nitrogens is 3. The quantitative estimate of drug-likeness (QED) is 0.761. The van der Waals surface area contributed by atoms with E-state index in [1.54, 1.807) is 0 Å². The van der Waals surface area contributed by atoms with Gasteiger partial charge in [0.15, 0.2) is 11.4 Å². The lowest BCUT2D eigenvalue weighted by molar-refractivity contribution is 0.573. The minimum absolute atomic E-state index is 0.0819. The average molecular weight is 254 g/mol. The predicted octanol–water partition coefficient (Wildman–Crippen LogP) is 2.39. The second-order valence-electron chi connectivity index (χ2n) is 2.62. The third-order valence-electron chi connectivity index (χ3n) is 1.54. The number of alkyl halides is 3. The zero-order valence-electron chi connectivity index (χ0n) is 7.34. The lowest BCUT2D eigenvalue weighted by Gasteiger charge is -2.06. The van der Waals surface area contributed by atoms with Gasteiger partial charge >= 0.3 is 0 Å². The van der Waals surface area contributed by atoms with Crippen LogP contribution >= 0.6 is 34.8 Å². The SMILES string of the molecule is CCCn1nnc(C(Cl)(Cl)Cl)c1C#N. The molecule has 4 nitrogen and oxygen atoms in total. The Labute approximate surface area is 96.4 Å². The normalized spacial score (nSPS) is 11.4. The average Bonchev–Trinajstić information content (AvgIpc) is 2.47. The van der Waals surface area contributed by atoms with Crippen molar-refractivity contribution in [3.8, 4) is 6.07 Å². The van der Waals surface area contributed by atoms with Crippen molar-refractivity contribution in [1.29, 1.82) is 5.26 Å². The summed E-state index contributed by atoms with van der Waals surface area (Å²) >= 11 is 16.9. The van der Waals surface area contributed by atoms with Crippen LogP contribution in [0.1, 0.15) is 24.7 Å². The summed E-state index contributed by atoms with van der Waals surface area (Å²) in [5.74, 6) is 0. The van der Waals surface area contributed by atoms with Crippen molar-refractivity contribution < 1.29 is 0 Å². The zero-order chi connectivity index (χ0) is 10.8. The Kier molecular flexibility index (Phi) is 3.59. The van der Waals surface area contributed by atoms with Crippen LogP contribution in [0.4, 0.5) is 0 Å². The molecule has 1 aromatic heterocycles. The van der Waals surface area contributed by atoms with Gasteiger partial charge in [-0.25, -0.2) is 4.68 Å². The number of aryl methyl sites for hydroxylation is 1. The van der Waals surface area contributed by atoms with Crippen LogP contribution in [0.15, 0.2) is 0 Å². The van der Waals surface area contributed by atoms with Gasteiger partial charge in [-0.3, -0.25) is 0 Å². The van der Waals surface area contributed by atoms with Gasteiger partial charge in [-0.1, -0.05) is 46.9 Å². The highest BCUT2D eigenvalue weighted by Gasteiger charge is 2.31. The van der Waals surface area contributed by atoms with Crippen molar-refractivity contribution >= 4 is 34.8 Å². The molecule has 0 saturated carbocycles. The maximum absolute atomic E-state index is 8.85. The Balaban J connectivity index is 3.16. The summed E-state index contributed by atoms with van der Waals surface area (Å²) in [7, 11) is 0. The number of hydrogen-bond acceptors (Lipinski definition) is 3. The first-order valence-electron chi connectivity index (χ1n) is 3.91. The number of halogens is 3. The maximum atomic E-state index is 8.85. The second kappa shape index (κ2) is 4.35. The Bertz CT molecular complexity index is 360. The van der Waals surface area contributed by atoms with Gasteiger partial charge in [0.1, 0.15) is 6.07 Å². The van der Waals surface area contributed by atoms with E-state index in [0.29, 0.717) is 6.54 Å². The molecule has 0 aromatic carbocycles. The molecule has 76 valence electrons. The summed E-state index contributed by atoms with van der Waals surface area (Å²) in [4.78, 5) is 0. The number of rotatable bonds is 2. The Hall–Kier alpha value is -0.500. The minimum atomic E-state index is -1.70. The van der Waals surface area contributed by atoms with Gasteiger partial charge in [0.2, 0.25) is 3.79 Å². The second-order valence-corrected chi connectivity index (χ2v) is 4.90. The number of nitrogens with zero attached hydrogens (tertiary/aromatic N) is 4. The van der Waals surface area contributed by atoms with E-state index in [9.17, 15) is 0 Å². The highest BCUT2D eigenvalue weighted by Crippen LogP contribution is 2.38. The van der Waals surface area contributed by atoms with E-state index in [0.717, 1.165) is 6.42 Å². The van der Waals surface area contributed by atoms with E-state index < -0.39 is 3.79 Å². The molecule has 0 radical (unpaired) electrons. The van der Waals surface area contributed by atoms with Gasteiger partial charge in [0.05, 0.1) is 0 Å². The molecule has 0 unspecified atom stereocenters. The van der Waals surface area contributed by atoms with Gasteiger partial charge in [-0.15, -0.1) is 5.10 Å². The molecule has 0 aliphatic heterocycles. The van der Waals surface area contributed by atoms with Crippen LogP contribution in [0.25, 0.3) is 0 Å². The van der Waals surface area contributed by atoms with E-state index in [-0.39, 0.29) is 11.4 Å². The van der Waals surface area contributed by atoms with Crippen LogP contribution in [-0.2, 0) is 10.3 Å². The van der Waals surface area contributed by atoms with E-state index in [1.165, 1.54) is 4.68 Å². The van der Waals surface area contributed by atoms with Gasteiger partial charge < -0.3 is 0 Å². The fourth-order valence-corrected chi connectivity index (χ4v) is 1.36. The standard InChI is InChI=1S/C7H7Cl3N4/c1-2-3-14-5(4-11)6(12-13-14)7(8,9)10/h2-3H2,1H3. The summed E-state index contributed by atoms with van der Waals surface area (Å²) in [6.45, 7) is 2.54. The fraction of sp³-hybridized carbons (Fsp3) is 0.571. The van der Waals surface area contributed by atoms with E-state index in [4.69, 9.17) is 40.1 Å². The molecule has 1 rings (SSSR count). The van der Waals surface area contributed by atoms with Crippen molar-refractivity contribution in [3.05, 3.63) is 11.4 Å². The molecule has 0 N–H and O–H groups in total. The monoisotopic (exact) mass is 252 g/mol. The summed E-state index contributed by atoms with van der Waals surface area (Å²) < 4.78 is -0.270. The predicted molar refractivity (Wildman–Crippen MR) is 54.3 cm³/mol. The van der Waals surface area contributed by atoms with Crippen molar-refractivity contribution in [2.45, 2.75) is 23.7 Å². The summed E-state index contributed by atoms with van der Waals surface area (Å²) in [5.41, 5.74) is 0.283. The van der Waals surface area contributed by atoms with Gasteiger partial charge in [0.25, 0.3) is 0 Å². The molecule has 7 heteroatoms. The Morgan fingerprint density at radius 2 is 2.14 bits per heavy atom. The Morgan fingerprint density at radius 1 is 1.50 bits per heavy atom. The molecule has 1 heterocycles. The molecule has 0 amide bonds. The van der Waals surface area contributed by atoms with Crippen molar-refractivity contribution in [2.24, 2.45) is 0 Å². The lowest BCUT2D eigenvalue weighted by Crippen LogP contribution is -2.06. The molecule has 0 spiro atoms. The Morgan fingerprint density at radius 3 is 2.57 bits per heavy atom. The highest BCUT2D eigenvalue weighted by atomic mass is 35.6. The topological polar surface area (TPSA) is 54.5 Å².